The molecule has 0 unspecified atom stereocenters. The summed E-state index contributed by atoms with van der Waals surface area (Å²) in [4.78, 5) is 34.5. The number of halogens is 2. The lowest BCUT2D eigenvalue weighted by molar-refractivity contribution is -0.153. The van der Waals surface area contributed by atoms with Crippen molar-refractivity contribution in [2.45, 2.75) is 38.1 Å². The molecule has 2 saturated heterocycles. The van der Waals surface area contributed by atoms with E-state index in [1.54, 1.807) is 11.0 Å². The smallest absolute Gasteiger partial charge is 0.407 e. The van der Waals surface area contributed by atoms with E-state index in [2.05, 4.69) is 36.0 Å². The molecule has 2 atom stereocenters. The average molecular weight is 499 g/mol. The molecule has 1 aromatic heterocycles. The Bertz CT molecular complexity index is 1010. The minimum atomic E-state index is -0.953. The Labute approximate surface area is 186 Å². The van der Waals surface area contributed by atoms with Crippen molar-refractivity contribution in [2.24, 2.45) is 5.92 Å². The predicted molar refractivity (Wildman–Crippen MR) is 112 cm³/mol. The standard InChI is InChI=1S/C20H24BrFN4O5/c1-10(2)15(25-19(28)29-3)18(27)26-9-20(30-4-5-31-20)8-14(26)17-23-13-7-11(21)6-12(22)16(13)24-17/h6-7,10,14-15H,4-5,8-9H2,1-3H3,(H,23,24)(H,25,28)/t14-,15-/m0/s1. The van der Waals surface area contributed by atoms with E-state index in [0.717, 1.165) is 0 Å². The predicted octanol–water partition coefficient (Wildman–Crippen LogP) is 2.86. The summed E-state index contributed by atoms with van der Waals surface area (Å²) in [6.07, 6.45) is -0.355. The SMILES string of the molecule is COC(=O)N[C@H](C(=O)N1CC2(C[C@H]1c1nc3c(F)cc(Br)cc3[nH]1)OCCO2)C(C)C. The van der Waals surface area contributed by atoms with Crippen molar-refractivity contribution >= 4 is 39.0 Å². The van der Waals surface area contributed by atoms with Crippen LogP contribution in [0.25, 0.3) is 11.0 Å². The highest BCUT2D eigenvalue weighted by Gasteiger charge is 2.52. The lowest BCUT2D eigenvalue weighted by atomic mass is 10.0. The van der Waals surface area contributed by atoms with Crippen molar-refractivity contribution in [1.82, 2.24) is 20.2 Å². The van der Waals surface area contributed by atoms with Gasteiger partial charge in [-0.25, -0.2) is 14.2 Å². The number of aromatic amines is 1. The zero-order chi connectivity index (χ0) is 22.3. The Morgan fingerprint density at radius 2 is 2.10 bits per heavy atom. The third kappa shape index (κ3) is 4.13. The number of hydrogen-bond acceptors (Lipinski definition) is 6. The third-order valence-electron chi connectivity index (χ3n) is 5.62. The van der Waals surface area contributed by atoms with Gasteiger partial charge < -0.3 is 29.4 Å². The molecule has 0 radical (unpaired) electrons. The van der Waals surface area contributed by atoms with Crippen LogP contribution in [0.5, 0.6) is 0 Å². The highest BCUT2D eigenvalue weighted by Crippen LogP contribution is 2.42. The van der Waals surface area contributed by atoms with Crippen LogP contribution in [0.2, 0.25) is 0 Å². The number of benzene rings is 1. The molecule has 1 aromatic carbocycles. The summed E-state index contributed by atoms with van der Waals surface area (Å²) >= 11 is 3.28. The number of aromatic nitrogens is 2. The molecule has 2 fully saturated rings. The molecule has 168 valence electrons. The van der Waals surface area contributed by atoms with Gasteiger partial charge in [0.25, 0.3) is 0 Å². The fourth-order valence-electron chi connectivity index (χ4n) is 4.12. The molecule has 31 heavy (non-hydrogen) atoms. The van der Waals surface area contributed by atoms with E-state index in [1.807, 2.05) is 13.8 Å². The number of methoxy groups -OCH3 is 1. The van der Waals surface area contributed by atoms with Gasteiger partial charge in [0.15, 0.2) is 11.6 Å². The van der Waals surface area contributed by atoms with E-state index in [4.69, 9.17) is 9.47 Å². The van der Waals surface area contributed by atoms with E-state index in [0.29, 0.717) is 35.4 Å². The van der Waals surface area contributed by atoms with Crippen LogP contribution in [0.4, 0.5) is 9.18 Å². The maximum Gasteiger partial charge on any atom is 0.407 e. The van der Waals surface area contributed by atoms with Crippen molar-refractivity contribution in [3.63, 3.8) is 0 Å². The lowest BCUT2D eigenvalue weighted by Gasteiger charge is -2.30. The monoisotopic (exact) mass is 498 g/mol. The molecule has 4 rings (SSSR count). The summed E-state index contributed by atoms with van der Waals surface area (Å²) in [6, 6.07) is 1.70. The number of ether oxygens (including phenoxy) is 3. The van der Waals surface area contributed by atoms with Gasteiger partial charge in [0.05, 0.1) is 38.4 Å². The normalized spacial score (nSPS) is 21.2. The van der Waals surface area contributed by atoms with Crippen LogP contribution in [0.1, 0.15) is 32.1 Å². The molecule has 2 amide bonds. The molecule has 2 aliphatic rings. The van der Waals surface area contributed by atoms with Crippen LogP contribution in [-0.4, -0.2) is 65.6 Å². The summed E-state index contributed by atoms with van der Waals surface area (Å²) in [7, 11) is 1.24. The van der Waals surface area contributed by atoms with Crippen molar-refractivity contribution in [3.8, 4) is 0 Å². The van der Waals surface area contributed by atoms with E-state index in [9.17, 15) is 14.0 Å². The first kappa shape index (κ1) is 22.0. The van der Waals surface area contributed by atoms with Crippen LogP contribution >= 0.6 is 15.9 Å². The van der Waals surface area contributed by atoms with Gasteiger partial charge in [-0.3, -0.25) is 4.79 Å². The molecule has 9 nitrogen and oxygen atoms in total. The molecule has 0 aliphatic carbocycles. The van der Waals surface area contributed by atoms with E-state index in [1.165, 1.54) is 13.2 Å². The topological polar surface area (TPSA) is 106 Å². The molecule has 0 bridgehead atoms. The van der Waals surface area contributed by atoms with E-state index < -0.39 is 29.8 Å². The molecule has 2 aromatic rings. The molecule has 2 N–H and O–H groups in total. The molecule has 3 heterocycles. The number of rotatable bonds is 4. The Morgan fingerprint density at radius 1 is 1.39 bits per heavy atom. The summed E-state index contributed by atoms with van der Waals surface area (Å²) in [5, 5.41) is 2.61. The Hall–Kier alpha value is -2.24. The largest absolute Gasteiger partial charge is 0.453 e. The van der Waals surface area contributed by atoms with Crippen LogP contribution in [0.15, 0.2) is 16.6 Å². The Morgan fingerprint density at radius 3 is 2.74 bits per heavy atom. The number of fused-ring (bicyclic) bond motifs is 1. The fourth-order valence-corrected chi connectivity index (χ4v) is 4.55. The number of likely N-dealkylation sites (tertiary alicyclic amines) is 1. The van der Waals surface area contributed by atoms with Gasteiger partial charge in [0, 0.05) is 10.9 Å². The highest BCUT2D eigenvalue weighted by atomic mass is 79.9. The number of nitrogens with one attached hydrogen (secondary N) is 2. The highest BCUT2D eigenvalue weighted by molar-refractivity contribution is 9.10. The summed E-state index contributed by atoms with van der Waals surface area (Å²) in [5.41, 5.74) is 0.699. The van der Waals surface area contributed by atoms with Gasteiger partial charge in [-0.1, -0.05) is 29.8 Å². The van der Waals surface area contributed by atoms with Crippen LogP contribution in [0.3, 0.4) is 0 Å². The quantitative estimate of drug-likeness (QED) is 0.671. The van der Waals surface area contributed by atoms with E-state index >= 15 is 0 Å². The van der Waals surface area contributed by atoms with Crippen LogP contribution in [0, 0.1) is 11.7 Å². The lowest BCUT2D eigenvalue weighted by Crippen LogP contribution is -2.52. The zero-order valence-electron chi connectivity index (χ0n) is 17.4. The van der Waals surface area contributed by atoms with Gasteiger partial charge in [0.2, 0.25) is 5.91 Å². The number of carbonyl (C=O) groups excluding carboxylic acids is 2. The van der Waals surface area contributed by atoms with Crippen LogP contribution in [-0.2, 0) is 19.0 Å². The first-order valence-corrected chi connectivity index (χ1v) is 10.8. The second-order valence-corrected chi connectivity index (χ2v) is 8.97. The number of hydrogen-bond donors (Lipinski definition) is 2. The maximum absolute atomic E-state index is 14.4. The van der Waals surface area contributed by atoms with Crippen molar-refractivity contribution < 1.29 is 28.2 Å². The van der Waals surface area contributed by atoms with Gasteiger partial charge in [-0.15, -0.1) is 0 Å². The summed E-state index contributed by atoms with van der Waals surface area (Å²) in [5.74, 6) is -1.51. The number of carbonyl (C=O) groups is 2. The van der Waals surface area contributed by atoms with Gasteiger partial charge in [-0.2, -0.15) is 0 Å². The second-order valence-electron chi connectivity index (χ2n) is 8.06. The Kier molecular flexibility index (Phi) is 5.93. The molecule has 2 aliphatic heterocycles. The number of nitrogens with zero attached hydrogens (tertiary/aromatic N) is 2. The zero-order valence-corrected chi connectivity index (χ0v) is 19.0. The number of H-pyrrole nitrogens is 1. The van der Waals surface area contributed by atoms with E-state index in [-0.39, 0.29) is 23.9 Å². The molecule has 0 saturated carbocycles. The second kappa shape index (κ2) is 8.36. The molecular weight excluding hydrogens is 475 g/mol. The molecule has 1 spiro atoms. The first-order chi connectivity index (χ1) is 14.7. The van der Waals surface area contributed by atoms with Crippen molar-refractivity contribution in [1.29, 1.82) is 0 Å². The number of imidazole rings is 1. The van der Waals surface area contributed by atoms with Crippen LogP contribution < -0.4 is 5.32 Å². The average Bonchev–Trinajstić information content (AvgIpc) is 3.44. The first-order valence-electron chi connectivity index (χ1n) is 10.0. The number of amides is 2. The number of alkyl carbamates (subject to hydrolysis) is 1. The Balaban J connectivity index is 1.71. The van der Waals surface area contributed by atoms with Gasteiger partial charge in [0.1, 0.15) is 17.4 Å². The maximum atomic E-state index is 14.4. The summed E-state index contributed by atoms with van der Waals surface area (Å²) in [6.45, 7) is 4.67. The third-order valence-corrected chi connectivity index (χ3v) is 6.08. The summed E-state index contributed by atoms with van der Waals surface area (Å²) < 4.78 is 31.3. The van der Waals surface area contributed by atoms with Crippen molar-refractivity contribution in [2.75, 3.05) is 26.9 Å². The van der Waals surface area contributed by atoms with Crippen molar-refractivity contribution in [3.05, 3.63) is 28.2 Å². The minimum Gasteiger partial charge on any atom is -0.453 e. The fraction of sp³-hybridized carbons (Fsp3) is 0.550. The van der Waals surface area contributed by atoms with Gasteiger partial charge in [-0.05, 0) is 18.1 Å². The molecular formula is C20H24BrFN4O5. The minimum absolute atomic E-state index is 0.172. The molecule has 11 heteroatoms. The van der Waals surface area contributed by atoms with Gasteiger partial charge >= 0.3 is 6.09 Å².